The Labute approximate surface area is 183 Å². The van der Waals surface area contributed by atoms with Crippen LogP contribution in [0.2, 0.25) is 0 Å². The molecule has 1 aliphatic heterocycles. The van der Waals surface area contributed by atoms with Crippen LogP contribution in [-0.2, 0) is 24.8 Å². The van der Waals surface area contributed by atoms with Crippen molar-refractivity contribution in [2.45, 2.75) is 38.5 Å². The number of carbonyl (C=O) groups is 1. The predicted octanol–water partition coefficient (Wildman–Crippen LogP) is 3.32. The van der Waals surface area contributed by atoms with Crippen molar-refractivity contribution in [3.05, 3.63) is 48.0 Å². The smallest absolute Gasteiger partial charge is 0.265 e. The molecule has 0 saturated carbocycles. The Hall–Kier alpha value is -2.59. The third-order valence-electron chi connectivity index (χ3n) is 5.09. The van der Waals surface area contributed by atoms with Crippen LogP contribution in [0, 0.1) is 5.41 Å². The van der Waals surface area contributed by atoms with Crippen LogP contribution in [0.4, 0.5) is 11.4 Å². The zero-order valence-corrected chi connectivity index (χ0v) is 19.7. The highest BCUT2D eigenvalue weighted by Gasteiger charge is 2.50. The lowest BCUT2D eigenvalue weighted by molar-refractivity contribution is -0.123. The Bertz CT molecular complexity index is 1220. The lowest BCUT2D eigenvalue weighted by Crippen LogP contribution is -2.33. The second-order valence-electron chi connectivity index (χ2n) is 8.43. The second kappa shape index (κ2) is 7.83. The van der Waals surface area contributed by atoms with E-state index in [1.807, 2.05) is 26.0 Å². The van der Waals surface area contributed by atoms with Crippen LogP contribution >= 0.6 is 0 Å². The molecule has 0 atom stereocenters. The molecular weight excluding hydrogens is 440 g/mol. The van der Waals surface area contributed by atoms with Crippen LogP contribution in [0.15, 0.2) is 47.4 Å². The summed E-state index contributed by atoms with van der Waals surface area (Å²) in [5.74, 6) is -0.642. The Morgan fingerprint density at radius 3 is 2.19 bits per heavy atom. The highest BCUT2D eigenvalue weighted by Crippen LogP contribution is 2.38. The van der Waals surface area contributed by atoms with E-state index in [2.05, 4.69) is 4.72 Å². The minimum Gasteiger partial charge on any atom is -0.495 e. The van der Waals surface area contributed by atoms with Crippen molar-refractivity contribution in [1.29, 1.82) is 0 Å². The predicted molar refractivity (Wildman–Crippen MR) is 119 cm³/mol. The fourth-order valence-corrected chi connectivity index (χ4v) is 6.76. The summed E-state index contributed by atoms with van der Waals surface area (Å²) in [6, 6.07) is 10.8. The molecule has 31 heavy (non-hydrogen) atoms. The van der Waals surface area contributed by atoms with Crippen molar-refractivity contribution in [1.82, 2.24) is 0 Å². The van der Waals surface area contributed by atoms with Gasteiger partial charge >= 0.3 is 0 Å². The standard InChI is InChI=1S/C21H26N2O6S2/c1-14(2)15-6-8-16(9-7-15)22-31(27,28)19-12-17(10-11-18(19)29-5)23-20(24)21(3,4)13-30(23,25)26/h6-12,14,22H,13H2,1-5H3. The number of amides is 1. The van der Waals surface area contributed by atoms with Crippen molar-refractivity contribution in [3.63, 3.8) is 0 Å². The number of hydrogen-bond donors (Lipinski definition) is 1. The third-order valence-corrected chi connectivity index (χ3v) is 8.51. The topological polar surface area (TPSA) is 110 Å². The number of hydrogen-bond acceptors (Lipinski definition) is 6. The number of nitrogens with zero attached hydrogens (tertiary/aromatic N) is 1. The zero-order valence-electron chi connectivity index (χ0n) is 18.0. The summed E-state index contributed by atoms with van der Waals surface area (Å²) < 4.78 is 59.7. The number of ether oxygens (including phenoxy) is 1. The number of carbonyl (C=O) groups excluding carboxylic acids is 1. The summed E-state index contributed by atoms with van der Waals surface area (Å²) in [7, 11) is -6.74. The third kappa shape index (κ3) is 4.40. The molecule has 3 rings (SSSR count). The van der Waals surface area contributed by atoms with Crippen LogP contribution in [-0.4, -0.2) is 35.6 Å². The lowest BCUT2D eigenvalue weighted by atomic mass is 9.95. The van der Waals surface area contributed by atoms with Crippen LogP contribution in [0.25, 0.3) is 0 Å². The normalized spacial score (nSPS) is 17.7. The Balaban J connectivity index is 2.03. The van der Waals surface area contributed by atoms with Gasteiger partial charge in [0.25, 0.3) is 10.0 Å². The maximum absolute atomic E-state index is 13.1. The number of sulfonamides is 2. The van der Waals surface area contributed by atoms with Gasteiger partial charge in [0.2, 0.25) is 15.9 Å². The SMILES string of the molecule is COc1ccc(N2C(=O)C(C)(C)CS2(=O)=O)cc1S(=O)(=O)Nc1ccc(C(C)C)cc1. The first kappa shape index (κ1) is 23.1. The minimum absolute atomic E-state index is 0.0263. The molecule has 2 aromatic rings. The van der Waals surface area contributed by atoms with Crippen LogP contribution in [0.3, 0.4) is 0 Å². The van der Waals surface area contributed by atoms with Crippen molar-refractivity contribution in [2.24, 2.45) is 5.41 Å². The summed E-state index contributed by atoms with van der Waals surface area (Å²) in [4.78, 5) is 12.4. The molecule has 1 N–H and O–H groups in total. The Morgan fingerprint density at radius 2 is 1.71 bits per heavy atom. The van der Waals surface area contributed by atoms with Crippen molar-refractivity contribution >= 4 is 37.3 Å². The first-order valence-electron chi connectivity index (χ1n) is 9.67. The van der Waals surface area contributed by atoms with Gasteiger partial charge in [0, 0.05) is 5.69 Å². The highest BCUT2D eigenvalue weighted by molar-refractivity contribution is 7.94. The molecule has 8 nitrogen and oxygen atoms in total. The van der Waals surface area contributed by atoms with E-state index in [-0.39, 0.29) is 22.1 Å². The largest absolute Gasteiger partial charge is 0.495 e. The van der Waals surface area contributed by atoms with E-state index < -0.39 is 31.4 Å². The number of rotatable bonds is 6. The first-order valence-corrected chi connectivity index (χ1v) is 12.8. The number of anilines is 2. The summed E-state index contributed by atoms with van der Waals surface area (Å²) in [5.41, 5.74) is 0.256. The van der Waals surface area contributed by atoms with Gasteiger partial charge in [-0.1, -0.05) is 26.0 Å². The van der Waals surface area contributed by atoms with Gasteiger partial charge in [-0.15, -0.1) is 0 Å². The maximum atomic E-state index is 13.1. The average Bonchev–Trinajstić information content (AvgIpc) is 2.83. The Kier molecular flexibility index (Phi) is 5.83. The number of methoxy groups -OCH3 is 1. The van der Waals surface area contributed by atoms with Crippen LogP contribution in [0.5, 0.6) is 5.75 Å². The van der Waals surface area contributed by atoms with E-state index in [0.29, 0.717) is 15.9 Å². The van der Waals surface area contributed by atoms with Gasteiger partial charge in [0.1, 0.15) is 10.6 Å². The molecule has 1 aliphatic rings. The molecular formula is C21H26N2O6S2. The van der Waals surface area contributed by atoms with Gasteiger partial charge in [0.05, 0.1) is 24.0 Å². The van der Waals surface area contributed by atoms with E-state index in [9.17, 15) is 21.6 Å². The van der Waals surface area contributed by atoms with Gasteiger partial charge in [-0.3, -0.25) is 9.52 Å². The molecule has 1 saturated heterocycles. The van der Waals surface area contributed by atoms with E-state index >= 15 is 0 Å². The monoisotopic (exact) mass is 466 g/mol. The zero-order chi connectivity index (χ0) is 23.2. The molecule has 10 heteroatoms. The fraction of sp³-hybridized carbons (Fsp3) is 0.381. The second-order valence-corrected chi connectivity index (χ2v) is 11.9. The van der Waals surface area contributed by atoms with Gasteiger partial charge in [-0.05, 0) is 55.7 Å². The summed E-state index contributed by atoms with van der Waals surface area (Å²) >= 11 is 0. The molecule has 0 radical (unpaired) electrons. The van der Waals surface area contributed by atoms with Gasteiger partial charge in [-0.2, -0.15) is 0 Å². The summed E-state index contributed by atoms with van der Waals surface area (Å²) in [5, 5.41) is 0. The molecule has 0 unspecified atom stereocenters. The average molecular weight is 467 g/mol. The van der Waals surface area contributed by atoms with E-state index in [1.54, 1.807) is 12.1 Å². The fourth-order valence-electron chi connectivity index (χ4n) is 3.41. The molecule has 0 aliphatic carbocycles. The maximum Gasteiger partial charge on any atom is 0.265 e. The Morgan fingerprint density at radius 1 is 1.10 bits per heavy atom. The molecule has 0 spiro atoms. The summed E-state index contributed by atoms with van der Waals surface area (Å²) in [6.07, 6.45) is 0. The molecule has 1 fully saturated rings. The van der Waals surface area contributed by atoms with Crippen LogP contribution in [0.1, 0.15) is 39.2 Å². The van der Waals surface area contributed by atoms with Crippen LogP contribution < -0.4 is 13.8 Å². The molecule has 0 aromatic heterocycles. The van der Waals surface area contributed by atoms with Crippen molar-refractivity contribution < 1.29 is 26.4 Å². The van der Waals surface area contributed by atoms with Crippen molar-refractivity contribution in [3.8, 4) is 5.75 Å². The number of nitrogens with one attached hydrogen (secondary N) is 1. The van der Waals surface area contributed by atoms with Gasteiger partial charge in [-0.25, -0.2) is 21.1 Å². The van der Waals surface area contributed by atoms with Crippen molar-refractivity contribution in [2.75, 3.05) is 21.9 Å². The number of benzene rings is 2. The van der Waals surface area contributed by atoms with E-state index in [1.165, 1.54) is 33.1 Å². The highest BCUT2D eigenvalue weighted by atomic mass is 32.2. The van der Waals surface area contributed by atoms with Gasteiger partial charge in [0.15, 0.2) is 0 Å². The lowest BCUT2D eigenvalue weighted by Gasteiger charge is -2.19. The molecule has 1 amide bonds. The molecule has 0 bridgehead atoms. The van der Waals surface area contributed by atoms with Gasteiger partial charge < -0.3 is 4.74 Å². The minimum atomic E-state index is -4.13. The van der Waals surface area contributed by atoms with E-state index in [0.717, 1.165) is 11.6 Å². The summed E-state index contributed by atoms with van der Waals surface area (Å²) in [6.45, 7) is 7.14. The molecule has 168 valence electrons. The molecule has 1 heterocycles. The molecule has 2 aromatic carbocycles. The first-order chi connectivity index (χ1) is 14.3. The quantitative estimate of drug-likeness (QED) is 0.699. The van der Waals surface area contributed by atoms with E-state index in [4.69, 9.17) is 4.74 Å².